The van der Waals surface area contributed by atoms with Gasteiger partial charge in [-0.2, -0.15) is 0 Å². The predicted molar refractivity (Wildman–Crippen MR) is 73.7 cm³/mol. The van der Waals surface area contributed by atoms with Gasteiger partial charge in [-0.3, -0.25) is 4.79 Å². The number of halogens is 1. The van der Waals surface area contributed by atoms with Crippen LogP contribution in [0.5, 0.6) is 0 Å². The average Bonchev–Trinajstić information content (AvgIpc) is 3.10. The Morgan fingerprint density at radius 3 is 2.67 bits per heavy atom. The van der Waals surface area contributed by atoms with Crippen molar-refractivity contribution in [2.45, 2.75) is 50.6 Å². The fraction of sp³-hybridized carbons (Fsp3) is 0.923. The predicted octanol–water partition coefficient (Wildman–Crippen LogP) is 1.47. The first-order valence-electron chi connectivity index (χ1n) is 6.77. The van der Waals surface area contributed by atoms with Gasteiger partial charge in [-0.15, -0.1) is 12.4 Å². The average molecular weight is 277 g/mol. The summed E-state index contributed by atoms with van der Waals surface area (Å²) >= 11 is 0. The SMILES string of the molecule is COCC(N)C(=O)NC1CC1C1CCCCC1.Cl. The molecule has 2 aliphatic rings. The maximum absolute atomic E-state index is 11.7. The van der Waals surface area contributed by atoms with Crippen molar-refractivity contribution in [2.24, 2.45) is 17.6 Å². The molecule has 0 aliphatic heterocycles. The zero-order valence-electron chi connectivity index (χ0n) is 11.1. The molecule has 0 aromatic carbocycles. The summed E-state index contributed by atoms with van der Waals surface area (Å²) in [6, 6.07) is -0.138. The third-order valence-corrected chi connectivity index (χ3v) is 4.11. The van der Waals surface area contributed by atoms with E-state index in [-0.39, 0.29) is 18.3 Å². The van der Waals surface area contributed by atoms with Crippen molar-refractivity contribution >= 4 is 18.3 Å². The van der Waals surface area contributed by atoms with Crippen molar-refractivity contribution in [3.05, 3.63) is 0 Å². The van der Waals surface area contributed by atoms with Gasteiger partial charge in [0.25, 0.3) is 0 Å². The number of nitrogens with one attached hydrogen (secondary N) is 1. The minimum absolute atomic E-state index is 0. The summed E-state index contributed by atoms with van der Waals surface area (Å²) in [5.74, 6) is 1.50. The van der Waals surface area contributed by atoms with Gasteiger partial charge in [0.15, 0.2) is 0 Å². The monoisotopic (exact) mass is 276 g/mol. The van der Waals surface area contributed by atoms with Gasteiger partial charge in [-0.1, -0.05) is 32.1 Å². The van der Waals surface area contributed by atoms with Crippen LogP contribution in [0.25, 0.3) is 0 Å². The second kappa shape index (κ2) is 7.31. The van der Waals surface area contributed by atoms with E-state index in [0.29, 0.717) is 18.6 Å². The highest BCUT2D eigenvalue weighted by molar-refractivity contribution is 5.85. The Morgan fingerprint density at radius 1 is 1.39 bits per heavy atom. The zero-order valence-corrected chi connectivity index (χ0v) is 11.9. The lowest BCUT2D eigenvalue weighted by atomic mass is 9.85. The molecule has 0 saturated heterocycles. The normalized spacial score (nSPS) is 29.2. The van der Waals surface area contributed by atoms with Crippen molar-refractivity contribution < 1.29 is 9.53 Å². The molecule has 5 heteroatoms. The highest BCUT2D eigenvalue weighted by Crippen LogP contribution is 2.44. The Kier molecular flexibility index (Phi) is 6.39. The van der Waals surface area contributed by atoms with Gasteiger partial charge in [0.2, 0.25) is 5.91 Å². The number of carbonyl (C=O) groups is 1. The summed E-state index contributed by atoms with van der Waals surface area (Å²) < 4.78 is 4.88. The molecule has 0 heterocycles. The molecule has 2 rings (SSSR count). The molecule has 2 fully saturated rings. The van der Waals surface area contributed by atoms with E-state index < -0.39 is 6.04 Å². The van der Waals surface area contributed by atoms with Crippen LogP contribution in [0.2, 0.25) is 0 Å². The minimum Gasteiger partial charge on any atom is -0.383 e. The maximum Gasteiger partial charge on any atom is 0.239 e. The van der Waals surface area contributed by atoms with Gasteiger partial charge in [0.1, 0.15) is 6.04 Å². The highest BCUT2D eigenvalue weighted by atomic mass is 35.5. The van der Waals surface area contributed by atoms with Crippen molar-refractivity contribution in [2.75, 3.05) is 13.7 Å². The van der Waals surface area contributed by atoms with Crippen LogP contribution in [0.15, 0.2) is 0 Å². The summed E-state index contributed by atoms with van der Waals surface area (Å²) in [5.41, 5.74) is 5.69. The van der Waals surface area contributed by atoms with Crippen LogP contribution in [0.4, 0.5) is 0 Å². The Balaban J connectivity index is 0.00000162. The fourth-order valence-corrected chi connectivity index (χ4v) is 3.01. The number of methoxy groups -OCH3 is 1. The van der Waals surface area contributed by atoms with E-state index >= 15 is 0 Å². The minimum atomic E-state index is -0.521. The van der Waals surface area contributed by atoms with Crippen LogP contribution in [-0.4, -0.2) is 31.7 Å². The van der Waals surface area contributed by atoms with Gasteiger partial charge in [-0.25, -0.2) is 0 Å². The first-order valence-corrected chi connectivity index (χ1v) is 6.77. The highest BCUT2D eigenvalue weighted by Gasteiger charge is 2.44. The van der Waals surface area contributed by atoms with E-state index in [1.54, 1.807) is 7.11 Å². The number of ether oxygens (including phenoxy) is 1. The lowest BCUT2D eigenvalue weighted by Crippen LogP contribution is -2.44. The zero-order chi connectivity index (χ0) is 12.3. The van der Waals surface area contributed by atoms with E-state index in [9.17, 15) is 4.79 Å². The van der Waals surface area contributed by atoms with Gasteiger partial charge >= 0.3 is 0 Å². The van der Waals surface area contributed by atoms with E-state index in [4.69, 9.17) is 10.5 Å². The van der Waals surface area contributed by atoms with Crippen LogP contribution in [0.3, 0.4) is 0 Å². The lowest BCUT2D eigenvalue weighted by Gasteiger charge is -2.21. The maximum atomic E-state index is 11.7. The molecule has 0 spiro atoms. The first kappa shape index (κ1) is 15.7. The number of amides is 1. The van der Waals surface area contributed by atoms with Crippen molar-refractivity contribution in [1.82, 2.24) is 5.32 Å². The molecular weight excluding hydrogens is 252 g/mol. The van der Waals surface area contributed by atoms with Gasteiger partial charge < -0.3 is 15.8 Å². The van der Waals surface area contributed by atoms with Crippen LogP contribution in [-0.2, 0) is 9.53 Å². The standard InChI is InChI=1S/C13H24N2O2.ClH/c1-17-8-11(14)13(16)15-12-7-10(12)9-5-3-2-4-6-9;/h9-12H,2-8,14H2,1H3,(H,15,16);1H. The van der Waals surface area contributed by atoms with E-state index in [1.165, 1.54) is 32.1 Å². The molecule has 0 bridgehead atoms. The number of hydrogen-bond acceptors (Lipinski definition) is 3. The van der Waals surface area contributed by atoms with E-state index in [1.807, 2.05) is 0 Å². The largest absolute Gasteiger partial charge is 0.383 e. The Hall–Kier alpha value is -0.320. The molecule has 4 nitrogen and oxygen atoms in total. The topological polar surface area (TPSA) is 64.3 Å². The molecule has 0 aromatic rings. The number of hydrogen-bond donors (Lipinski definition) is 2. The van der Waals surface area contributed by atoms with Crippen molar-refractivity contribution in [3.63, 3.8) is 0 Å². The number of rotatable bonds is 5. The molecule has 0 aromatic heterocycles. The molecule has 106 valence electrons. The van der Waals surface area contributed by atoms with Crippen molar-refractivity contribution in [3.8, 4) is 0 Å². The van der Waals surface area contributed by atoms with Gasteiger partial charge in [0, 0.05) is 13.2 Å². The molecule has 2 saturated carbocycles. The Morgan fingerprint density at radius 2 is 2.06 bits per heavy atom. The summed E-state index contributed by atoms with van der Waals surface area (Å²) in [7, 11) is 1.56. The summed E-state index contributed by atoms with van der Waals surface area (Å²) in [5, 5.41) is 3.04. The first-order chi connectivity index (χ1) is 8.22. The van der Waals surface area contributed by atoms with Gasteiger partial charge in [-0.05, 0) is 18.3 Å². The Labute approximate surface area is 115 Å². The van der Waals surface area contributed by atoms with Gasteiger partial charge in [0.05, 0.1) is 6.61 Å². The summed E-state index contributed by atoms with van der Waals surface area (Å²) in [4.78, 5) is 11.7. The van der Waals surface area contributed by atoms with E-state index in [2.05, 4.69) is 5.32 Å². The quantitative estimate of drug-likeness (QED) is 0.799. The molecule has 3 unspecified atom stereocenters. The van der Waals surface area contributed by atoms with Crippen molar-refractivity contribution in [1.29, 1.82) is 0 Å². The van der Waals surface area contributed by atoms with Crippen LogP contribution in [0, 0.1) is 11.8 Å². The second-order valence-corrected chi connectivity index (χ2v) is 5.47. The molecule has 3 atom stereocenters. The third-order valence-electron chi connectivity index (χ3n) is 4.11. The van der Waals surface area contributed by atoms with Crippen LogP contribution in [0.1, 0.15) is 38.5 Å². The Bertz CT molecular complexity index is 270. The second-order valence-electron chi connectivity index (χ2n) is 5.47. The van der Waals surface area contributed by atoms with E-state index in [0.717, 1.165) is 12.3 Å². The summed E-state index contributed by atoms with van der Waals surface area (Å²) in [6.07, 6.45) is 7.97. The third kappa shape index (κ3) is 4.11. The van der Waals surface area contributed by atoms with Crippen LogP contribution < -0.4 is 11.1 Å². The summed E-state index contributed by atoms with van der Waals surface area (Å²) in [6.45, 7) is 0.298. The fourth-order valence-electron chi connectivity index (χ4n) is 3.01. The smallest absolute Gasteiger partial charge is 0.239 e. The molecular formula is C13H25ClN2O2. The number of nitrogens with two attached hydrogens (primary N) is 1. The number of carbonyl (C=O) groups excluding carboxylic acids is 1. The molecule has 1 amide bonds. The van der Waals surface area contributed by atoms with Crippen LogP contribution >= 0.6 is 12.4 Å². The molecule has 18 heavy (non-hydrogen) atoms. The molecule has 0 radical (unpaired) electrons. The lowest BCUT2D eigenvalue weighted by molar-refractivity contribution is -0.123. The molecule has 2 aliphatic carbocycles. The molecule has 3 N–H and O–H groups in total.